The van der Waals surface area contributed by atoms with Gasteiger partial charge in [0.25, 0.3) is 5.92 Å². The predicted octanol–water partition coefficient (Wildman–Crippen LogP) is 3.69. The van der Waals surface area contributed by atoms with E-state index in [-0.39, 0.29) is 12.3 Å². The summed E-state index contributed by atoms with van der Waals surface area (Å²) in [7, 11) is 0. The Morgan fingerprint density at radius 2 is 2.25 bits per heavy atom. The molecule has 0 saturated heterocycles. The zero-order valence-corrected chi connectivity index (χ0v) is 8.08. The number of alkyl halides is 3. The van der Waals surface area contributed by atoms with Gasteiger partial charge < -0.3 is 0 Å². The molecular formula is C9H15ClF2. The van der Waals surface area contributed by atoms with E-state index >= 15 is 0 Å². The van der Waals surface area contributed by atoms with Gasteiger partial charge in [0.2, 0.25) is 0 Å². The number of halogens is 3. The van der Waals surface area contributed by atoms with Crippen molar-refractivity contribution in [3.8, 4) is 0 Å². The smallest absolute Gasteiger partial charge is 0.207 e. The van der Waals surface area contributed by atoms with Crippen molar-refractivity contribution in [1.82, 2.24) is 0 Å². The summed E-state index contributed by atoms with van der Waals surface area (Å²) in [5, 5.41) is 0. The van der Waals surface area contributed by atoms with E-state index in [0.29, 0.717) is 25.1 Å². The minimum absolute atomic E-state index is 0.0761. The van der Waals surface area contributed by atoms with Crippen LogP contribution in [-0.4, -0.2) is 11.8 Å². The highest BCUT2D eigenvalue weighted by molar-refractivity contribution is 6.18. The van der Waals surface area contributed by atoms with Gasteiger partial charge in [-0.1, -0.05) is 6.92 Å². The molecule has 0 nitrogen and oxygen atoms in total. The summed E-state index contributed by atoms with van der Waals surface area (Å²) in [5.41, 5.74) is 0. The Morgan fingerprint density at radius 3 is 2.67 bits per heavy atom. The highest BCUT2D eigenvalue weighted by Crippen LogP contribution is 2.43. The normalized spacial score (nSPS) is 30.5. The van der Waals surface area contributed by atoms with Crippen molar-refractivity contribution >= 4 is 11.6 Å². The van der Waals surface area contributed by atoms with Crippen molar-refractivity contribution in [3.63, 3.8) is 0 Å². The molecule has 2 unspecified atom stereocenters. The zero-order chi connectivity index (χ0) is 9.19. The third kappa shape index (κ3) is 2.32. The first-order valence-electron chi connectivity index (χ1n) is 4.50. The summed E-state index contributed by atoms with van der Waals surface area (Å²) in [4.78, 5) is 0. The highest BCUT2D eigenvalue weighted by atomic mass is 35.5. The van der Waals surface area contributed by atoms with E-state index in [1.165, 1.54) is 0 Å². The van der Waals surface area contributed by atoms with Gasteiger partial charge in [0.1, 0.15) is 0 Å². The first-order valence-corrected chi connectivity index (χ1v) is 5.03. The Labute approximate surface area is 77.3 Å². The van der Waals surface area contributed by atoms with Gasteiger partial charge in [-0.25, -0.2) is 8.78 Å². The van der Waals surface area contributed by atoms with Crippen LogP contribution in [0.5, 0.6) is 0 Å². The topological polar surface area (TPSA) is 0 Å². The molecule has 1 saturated carbocycles. The first kappa shape index (κ1) is 10.2. The molecule has 1 fully saturated rings. The lowest BCUT2D eigenvalue weighted by Crippen LogP contribution is -2.23. The molecule has 3 heteroatoms. The predicted molar refractivity (Wildman–Crippen MR) is 46.8 cm³/mol. The summed E-state index contributed by atoms with van der Waals surface area (Å²) >= 11 is 5.58. The summed E-state index contributed by atoms with van der Waals surface area (Å²) in [6, 6.07) is 0. The van der Waals surface area contributed by atoms with Crippen LogP contribution >= 0.6 is 11.6 Å². The van der Waals surface area contributed by atoms with Gasteiger partial charge >= 0.3 is 0 Å². The number of rotatable bonds is 3. The van der Waals surface area contributed by atoms with E-state index in [2.05, 4.69) is 0 Å². The minimum Gasteiger partial charge on any atom is -0.207 e. The zero-order valence-electron chi connectivity index (χ0n) is 7.32. The van der Waals surface area contributed by atoms with Gasteiger partial charge in [0.15, 0.2) is 0 Å². The monoisotopic (exact) mass is 196 g/mol. The lowest BCUT2D eigenvalue weighted by atomic mass is 9.93. The summed E-state index contributed by atoms with van der Waals surface area (Å²) in [6.45, 7) is 1.93. The second-order valence-electron chi connectivity index (χ2n) is 3.85. The van der Waals surface area contributed by atoms with E-state index in [1.54, 1.807) is 0 Å². The second kappa shape index (κ2) is 3.91. The van der Waals surface area contributed by atoms with Gasteiger partial charge in [-0.15, -0.1) is 11.6 Å². The largest absolute Gasteiger partial charge is 0.250 e. The van der Waals surface area contributed by atoms with E-state index < -0.39 is 11.8 Å². The maximum atomic E-state index is 13.1. The Bertz CT molecular complexity index is 147. The average Bonchev–Trinajstić information content (AvgIpc) is 2.31. The first-order chi connectivity index (χ1) is 5.56. The second-order valence-corrected chi connectivity index (χ2v) is 4.15. The van der Waals surface area contributed by atoms with E-state index in [0.717, 1.165) is 0 Å². The Balaban J connectivity index is 2.41. The van der Waals surface area contributed by atoms with Gasteiger partial charge in [0.05, 0.1) is 0 Å². The Kier molecular flexibility index (Phi) is 3.33. The summed E-state index contributed by atoms with van der Waals surface area (Å²) < 4.78 is 26.1. The lowest BCUT2D eigenvalue weighted by Gasteiger charge is -2.21. The van der Waals surface area contributed by atoms with Gasteiger partial charge in [0, 0.05) is 18.2 Å². The fraction of sp³-hybridized carbons (Fsp3) is 1.00. The van der Waals surface area contributed by atoms with Crippen LogP contribution in [0.2, 0.25) is 0 Å². The quantitative estimate of drug-likeness (QED) is 0.604. The molecule has 0 radical (unpaired) electrons. The number of hydrogen-bond acceptors (Lipinski definition) is 0. The van der Waals surface area contributed by atoms with Crippen molar-refractivity contribution < 1.29 is 8.78 Å². The molecule has 0 spiro atoms. The molecule has 0 aliphatic heterocycles. The van der Waals surface area contributed by atoms with Crippen molar-refractivity contribution in [2.45, 2.75) is 38.5 Å². The molecule has 2 atom stereocenters. The van der Waals surface area contributed by atoms with Crippen LogP contribution in [0, 0.1) is 11.8 Å². The van der Waals surface area contributed by atoms with Crippen LogP contribution in [0.1, 0.15) is 32.6 Å². The molecule has 12 heavy (non-hydrogen) atoms. The molecule has 0 aromatic rings. The Hall–Kier alpha value is 0.150. The third-order valence-corrected chi connectivity index (χ3v) is 3.14. The van der Waals surface area contributed by atoms with Crippen molar-refractivity contribution in [1.29, 1.82) is 0 Å². The average molecular weight is 197 g/mol. The fourth-order valence-corrected chi connectivity index (χ4v) is 1.96. The molecule has 0 N–H and O–H groups in total. The van der Waals surface area contributed by atoms with Crippen LogP contribution in [0.4, 0.5) is 8.78 Å². The summed E-state index contributed by atoms with van der Waals surface area (Å²) in [6.07, 6.45) is 2.00. The van der Waals surface area contributed by atoms with Crippen LogP contribution in [-0.2, 0) is 0 Å². The maximum absolute atomic E-state index is 13.1. The maximum Gasteiger partial charge on any atom is 0.250 e. The standard InChI is InChI=1S/C9H15ClF2/c1-7(6-10)5-8-3-2-4-9(8,11)12/h7-8H,2-6H2,1H3. The van der Waals surface area contributed by atoms with E-state index in [9.17, 15) is 8.78 Å². The molecule has 0 amide bonds. The number of hydrogen-bond donors (Lipinski definition) is 0. The molecule has 0 aromatic heterocycles. The molecular weight excluding hydrogens is 182 g/mol. The molecule has 1 rings (SSSR count). The molecule has 0 heterocycles. The molecule has 1 aliphatic carbocycles. The van der Waals surface area contributed by atoms with Gasteiger partial charge in [-0.2, -0.15) is 0 Å². The van der Waals surface area contributed by atoms with Crippen LogP contribution in [0.3, 0.4) is 0 Å². The van der Waals surface area contributed by atoms with Crippen LogP contribution in [0.25, 0.3) is 0 Å². The van der Waals surface area contributed by atoms with Crippen molar-refractivity contribution in [3.05, 3.63) is 0 Å². The van der Waals surface area contributed by atoms with Crippen LogP contribution < -0.4 is 0 Å². The van der Waals surface area contributed by atoms with Gasteiger partial charge in [-0.05, 0) is 25.2 Å². The molecule has 72 valence electrons. The minimum atomic E-state index is -2.42. The lowest BCUT2D eigenvalue weighted by molar-refractivity contribution is -0.0430. The molecule has 0 bridgehead atoms. The van der Waals surface area contributed by atoms with Crippen LogP contribution in [0.15, 0.2) is 0 Å². The van der Waals surface area contributed by atoms with E-state index in [4.69, 9.17) is 11.6 Å². The molecule has 1 aliphatic rings. The summed E-state index contributed by atoms with van der Waals surface area (Å²) in [5.74, 6) is -2.11. The molecule has 0 aromatic carbocycles. The highest BCUT2D eigenvalue weighted by Gasteiger charge is 2.43. The fourth-order valence-electron chi connectivity index (χ4n) is 1.84. The van der Waals surface area contributed by atoms with Crippen molar-refractivity contribution in [2.75, 3.05) is 5.88 Å². The Morgan fingerprint density at radius 1 is 1.58 bits per heavy atom. The SMILES string of the molecule is CC(CCl)CC1CCCC1(F)F. The van der Waals surface area contributed by atoms with E-state index in [1.807, 2.05) is 6.92 Å². The van der Waals surface area contributed by atoms with Crippen molar-refractivity contribution in [2.24, 2.45) is 11.8 Å². The third-order valence-electron chi connectivity index (χ3n) is 2.61. The van der Waals surface area contributed by atoms with Gasteiger partial charge in [-0.3, -0.25) is 0 Å².